The molecule has 1 aromatic heterocycles. The number of nitrogens with one attached hydrogen (secondary N) is 1. The van der Waals surface area contributed by atoms with Gasteiger partial charge in [0.05, 0.1) is 17.7 Å². The summed E-state index contributed by atoms with van der Waals surface area (Å²) in [6, 6.07) is -1.33. The minimum absolute atomic E-state index is 0.403. The van der Waals surface area contributed by atoms with Crippen LogP contribution in [0.2, 0.25) is 0 Å². The maximum Gasteiger partial charge on any atom is 0.326 e. The number of nitrogens with zero attached hydrogens (tertiary/aromatic N) is 2. The number of hydrogen-bond acceptors (Lipinski definition) is 4. The summed E-state index contributed by atoms with van der Waals surface area (Å²) in [5.74, 6) is -1.03. The van der Waals surface area contributed by atoms with Gasteiger partial charge in [0.25, 0.3) is 0 Å². The number of rotatable bonds is 4. The molecule has 2 amide bonds. The van der Waals surface area contributed by atoms with Gasteiger partial charge in [-0.15, -0.1) is 11.3 Å². The molecule has 1 aromatic rings. The third-order valence-electron chi connectivity index (χ3n) is 2.95. The van der Waals surface area contributed by atoms with Crippen LogP contribution >= 0.6 is 11.3 Å². The van der Waals surface area contributed by atoms with Gasteiger partial charge < -0.3 is 15.3 Å². The Hall–Kier alpha value is -1.63. The van der Waals surface area contributed by atoms with Crippen molar-refractivity contribution in [1.29, 1.82) is 0 Å². The van der Waals surface area contributed by atoms with E-state index in [-0.39, 0.29) is 0 Å². The molecule has 2 N–H and O–H groups in total. The van der Waals surface area contributed by atoms with Crippen molar-refractivity contribution in [3.05, 3.63) is 16.1 Å². The van der Waals surface area contributed by atoms with Crippen LogP contribution < -0.4 is 5.32 Å². The third-order valence-corrected chi connectivity index (χ3v) is 3.87. The molecule has 7 heteroatoms. The fraction of sp³-hybridized carbons (Fsp3) is 0.615. The lowest BCUT2D eigenvalue weighted by Crippen LogP contribution is -2.52. The van der Waals surface area contributed by atoms with Gasteiger partial charge in [-0.05, 0) is 12.3 Å². The van der Waals surface area contributed by atoms with E-state index in [0.29, 0.717) is 6.54 Å². The number of aromatic nitrogens is 1. The van der Waals surface area contributed by atoms with Gasteiger partial charge in [-0.25, -0.2) is 14.6 Å². The average Bonchev–Trinajstić information content (AvgIpc) is 2.69. The summed E-state index contributed by atoms with van der Waals surface area (Å²) in [4.78, 5) is 29.9. The molecule has 0 unspecified atom stereocenters. The molecule has 1 atom stereocenters. The first-order valence-corrected chi connectivity index (χ1v) is 7.14. The van der Waals surface area contributed by atoms with E-state index in [0.717, 1.165) is 10.6 Å². The largest absolute Gasteiger partial charge is 0.480 e. The van der Waals surface area contributed by atoms with E-state index in [1.807, 2.05) is 6.92 Å². The third kappa shape index (κ3) is 4.19. The Morgan fingerprint density at radius 2 is 2.10 bits per heavy atom. The number of amides is 2. The van der Waals surface area contributed by atoms with Crippen LogP contribution in [0.1, 0.15) is 31.3 Å². The number of carbonyl (C=O) groups is 2. The second kappa shape index (κ2) is 6.21. The van der Waals surface area contributed by atoms with E-state index in [4.69, 9.17) is 0 Å². The van der Waals surface area contributed by atoms with Crippen LogP contribution in [0.15, 0.2) is 5.51 Å². The summed E-state index contributed by atoms with van der Waals surface area (Å²) in [7, 11) is 1.63. The summed E-state index contributed by atoms with van der Waals surface area (Å²) < 4.78 is 0. The normalized spacial score (nSPS) is 12.8. The number of thiazole rings is 1. The van der Waals surface area contributed by atoms with Gasteiger partial charge in [-0.3, -0.25) is 0 Å². The number of carbonyl (C=O) groups excluding carboxylic acids is 1. The molecule has 0 saturated carbocycles. The number of hydrogen-bond donors (Lipinski definition) is 2. The molecule has 0 aliphatic carbocycles. The van der Waals surface area contributed by atoms with Crippen LogP contribution in [0.5, 0.6) is 0 Å². The van der Waals surface area contributed by atoms with Crippen LogP contribution in [0.4, 0.5) is 4.79 Å². The number of aliphatic carboxylic acids is 1. The highest BCUT2D eigenvalue weighted by molar-refractivity contribution is 7.09. The molecule has 0 radical (unpaired) electrons. The van der Waals surface area contributed by atoms with E-state index in [1.54, 1.807) is 33.3 Å². The molecule has 112 valence electrons. The van der Waals surface area contributed by atoms with Gasteiger partial charge in [-0.2, -0.15) is 0 Å². The summed E-state index contributed by atoms with van der Waals surface area (Å²) in [5, 5.41) is 11.8. The first-order valence-electron chi connectivity index (χ1n) is 6.26. The van der Waals surface area contributed by atoms with E-state index in [2.05, 4.69) is 10.3 Å². The molecular weight excluding hydrogens is 278 g/mol. The molecule has 0 bridgehead atoms. The summed E-state index contributed by atoms with van der Waals surface area (Å²) in [6.45, 7) is 7.63. The first-order chi connectivity index (χ1) is 9.12. The maximum absolute atomic E-state index is 12.1. The highest BCUT2D eigenvalue weighted by Crippen LogP contribution is 2.20. The van der Waals surface area contributed by atoms with Crippen molar-refractivity contribution in [2.24, 2.45) is 5.41 Å². The van der Waals surface area contributed by atoms with Crippen molar-refractivity contribution in [2.75, 3.05) is 7.05 Å². The quantitative estimate of drug-likeness (QED) is 0.892. The topological polar surface area (TPSA) is 82.5 Å². The molecule has 0 aliphatic heterocycles. The van der Waals surface area contributed by atoms with E-state index >= 15 is 0 Å². The summed E-state index contributed by atoms with van der Waals surface area (Å²) in [6.07, 6.45) is 0. The molecule has 0 aliphatic rings. The van der Waals surface area contributed by atoms with E-state index in [1.165, 1.54) is 16.2 Å². The average molecular weight is 299 g/mol. The van der Waals surface area contributed by atoms with Gasteiger partial charge in [0, 0.05) is 11.9 Å². The zero-order valence-electron chi connectivity index (χ0n) is 12.4. The Balaban J connectivity index is 2.70. The fourth-order valence-corrected chi connectivity index (χ4v) is 2.48. The van der Waals surface area contributed by atoms with Crippen molar-refractivity contribution in [1.82, 2.24) is 15.2 Å². The van der Waals surface area contributed by atoms with E-state index in [9.17, 15) is 14.7 Å². The lowest BCUT2D eigenvalue weighted by Gasteiger charge is -2.29. The van der Waals surface area contributed by atoms with Crippen molar-refractivity contribution >= 4 is 23.3 Å². The lowest BCUT2D eigenvalue weighted by molar-refractivity contribution is -0.142. The second-order valence-electron chi connectivity index (χ2n) is 5.80. The maximum atomic E-state index is 12.1. The zero-order valence-corrected chi connectivity index (χ0v) is 13.2. The highest BCUT2D eigenvalue weighted by Gasteiger charge is 2.33. The summed E-state index contributed by atoms with van der Waals surface area (Å²) >= 11 is 1.48. The Morgan fingerprint density at radius 3 is 2.50 bits per heavy atom. The molecule has 6 nitrogen and oxygen atoms in total. The van der Waals surface area contributed by atoms with Crippen LogP contribution in [0.25, 0.3) is 0 Å². The number of aryl methyl sites for hydroxylation is 1. The van der Waals surface area contributed by atoms with Gasteiger partial charge in [0.15, 0.2) is 0 Å². The number of urea groups is 1. The molecule has 1 rings (SSSR count). The standard InChI is InChI=1S/C13H21N3O3S/c1-8-9(20-7-14-8)6-16(5)12(19)15-10(11(17)18)13(2,3)4/h7,10H,6H2,1-5H3,(H,15,19)(H,17,18)/t10-/m1/s1. The van der Waals surface area contributed by atoms with Crippen LogP contribution in [0, 0.1) is 12.3 Å². The SMILES string of the molecule is Cc1ncsc1CN(C)C(=O)N[C@H](C(=O)O)C(C)(C)C. The molecule has 0 fully saturated rings. The van der Waals surface area contributed by atoms with Crippen LogP contribution in [-0.2, 0) is 11.3 Å². The molecular formula is C13H21N3O3S. The van der Waals surface area contributed by atoms with E-state index < -0.39 is 23.5 Å². The molecule has 1 heterocycles. The molecule has 0 spiro atoms. The first kappa shape index (κ1) is 16.4. The van der Waals surface area contributed by atoms with Crippen molar-refractivity contribution in [3.63, 3.8) is 0 Å². The smallest absolute Gasteiger partial charge is 0.326 e. The summed E-state index contributed by atoms with van der Waals surface area (Å²) in [5.41, 5.74) is 2.06. The predicted octanol–water partition coefficient (Wildman–Crippen LogP) is 2.09. The Kier molecular flexibility index (Phi) is 5.10. The van der Waals surface area contributed by atoms with Crippen LogP contribution in [-0.4, -0.2) is 40.1 Å². The Bertz CT molecular complexity index is 493. The Morgan fingerprint density at radius 1 is 1.50 bits per heavy atom. The number of carboxylic acids is 1. The number of carboxylic acid groups (broad SMARTS) is 1. The van der Waals surface area contributed by atoms with Gasteiger partial charge in [0.1, 0.15) is 6.04 Å². The monoisotopic (exact) mass is 299 g/mol. The highest BCUT2D eigenvalue weighted by atomic mass is 32.1. The second-order valence-corrected chi connectivity index (χ2v) is 6.74. The lowest BCUT2D eigenvalue weighted by atomic mass is 9.87. The van der Waals surface area contributed by atoms with Gasteiger partial charge in [0.2, 0.25) is 0 Å². The zero-order chi connectivity index (χ0) is 15.5. The minimum atomic E-state index is -1.03. The minimum Gasteiger partial charge on any atom is -0.480 e. The van der Waals surface area contributed by atoms with Crippen molar-refractivity contribution < 1.29 is 14.7 Å². The van der Waals surface area contributed by atoms with Gasteiger partial charge in [-0.1, -0.05) is 20.8 Å². The molecule has 0 aromatic carbocycles. The fourth-order valence-electron chi connectivity index (χ4n) is 1.65. The van der Waals surface area contributed by atoms with Gasteiger partial charge >= 0.3 is 12.0 Å². The predicted molar refractivity (Wildman–Crippen MR) is 77.7 cm³/mol. The molecule has 20 heavy (non-hydrogen) atoms. The van der Waals surface area contributed by atoms with Crippen molar-refractivity contribution in [2.45, 2.75) is 40.3 Å². The Labute approximate surface area is 122 Å². The van der Waals surface area contributed by atoms with Crippen molar-refractivity contribution in [3.8, 4) is 0 Å². The van der Waals surface area contributed by atoms with Crippen LogP contribution in [0.3, 0.4) is 0 Å². The molecule has 0 saturated heterocycles.